The van der Waals surface area contributed by atoms with Crippen LogP contribution in [0.25, 0.3) is 0 Å². The number of halogens is 3. The van der Waals surface area contributed by atoms with Crippen LogP contribution in [0.15, 0.2) is 30.5 Å². The second-order valence-electron chi connectivity index (χ2n) is 4.34. The summed E-state index contributed by atoms with van der Waals surface area (Å²) in [7, 11) is 0. The maximum atomic E-state index is 11.6. The van der Waals surface area contributed by atoms with Gasteiger partial charge in [-0.3, -0.25) is 4.79 Å². The van der Waals surface area contributed by atoms with Crippen molar-refractivity contribution in [2.45, 2.75) is 5.92 Å². The van der Waals surface area contributed by atoms with Crippen molar-refractivity contribution in [3.05, 3.63) is 46.3 Å². The number of para-hydroxylation sites is 1. The van der Waals surface area contributed by atoms with Gasteiger partial charge in [0.15, 0.2) is 5.82 Å². The van der Waals surface area contributed by atoms with Gasteiger partial charge in [0.1, 0.15) is 5.02 Å². The third-order valence-corrected chi connectivity index (χ3v) is 3.91. The van der Waals surface area contributed by atoms with E-state index in [0.717, 1.165) is 11.3 Å². The van der Waals surface area contributed by atoms with E-state index in [0.29, 0.717) is 17.4 Å². The Morgan fingerprint density at radius 1 is 1.30 bits per heavy atom. The summed E-state index contributed by atoms with van der Waals surface area (Å²) in [6, 6.07) is 7.51. The number of hydrogen-bond acceptors (Lipinski definition) is 4. The number of rotatable bonds is 2. The largest absolute Gasteiger partial charge is 0.324 e. The summed E-state index contributed by atoms with van der Waals surface area (Å²) in [5, 5.41) is 0.0608. The highest BCUT2D eigenvalue weighted by Gasteiger charge is 2.34. The van der Waals surface area contributed by atoms with E-state index < -0.39 is 11.2 Å². The average molecular weight is 329 g/mol. The van der Waals surface area contributed by atoms with E-state index in [2.05, 4.69) is 9.97 Å². The highest BCUT2D eigenvalue weighted by Crippen LogP contribution is 2.42. The molecule has 102 valence electrons. The van der Waals surface area contributed by atoms with E-state index in [-0.39, 0.29) is 5.28 Å². The number of aromatic nitrogens is 2. The van der Waals surface area contributed by atoms with Gasteiger partial charge in [0.25, 0.3) is 0 Å². The van der Waals surface area contributed by atoms with Gasteiger partial charge in [0.2, 0.25) is 10.5 Å². The zero-order chi connectivity index (χ0) is 14.3. The van der Waals surface area contributed by atoms with Crippen molar-refractivity contribution in [2.75, 3.05) is 11.4 Å². The molecule has 1 aliphatic rings. The minimum absolute atomic E-state index is 0.0996. The molecule has 0 fully saturated rings. The van der Waals surface area contributed by atoms with Crippen molar-refractivity contribution in [1.29, 1.82) is 0 Å². The fourth-order valence-electron chi connectivity index (χ4n) is 2.33. The Morgan fingerprint density at radius 3 is 2.80 bits per heavy atom. The minimum Gasteiger partial charge on any atom is -0.324 e. The van der Waals surface area contributed by atoms with Crippen LogP contribution in [0.4, 0.5) is 11.5 Å². The Labute approximate surface area is 130 Å². The lowest BCUT2D eigenvalue weighted by atomic mass is 10.0. The Kier molecular flexibility index (Phi) is 3.54. The van der Waals surface area contributed by atoms with E-state index >= 15 is 0 Å². The molecule has 0 spiro atoms. The molecule has 2 heterocycles. The van der Waals surface area contributed by atoms with Crippen molar-refractivity contribution in [1.82, 2.24) is 9.97 Å². The zero-order valence-electron chi connectivity index (χ0n) is 10.1. The van der Waals surface area contributed by atoms with Gasteiger partial charge in [0.05, 0.1) is 12.1 Å². The zero-order valence-corrected chi connectivity index (χ0v) is 12.3. The summed E-state index contributed by atoms with van der Waals surface area (Å²) >= 11 is 17.6. The molecule has 1 atom stereocenters. The van der Waals surface area contributed by atoms with Crippen LogP contribution >= 0.6 is 34.8 Å². The molecule has 0 saturated carbocycles. The molecule has 0 amide bonds. The first-order valence-electron chi connectivity index (χ1n) is 5.82. The standard InChI is InChI=1S/C13H8Cl3N3O/c14-9-5-17-13(16)18-12(9)19-6-8(11(15)20)7-3-1-2-4-10(7)19/h1-5,8H,6H2. The average Bonchev–Trinajstić information content (AvgIpc) is 2.81. The summed E-state index contributed by atoms with van der Waals surface area (Å²) in [5.41, 5.74) is 1.71. The molecule has 0 aliphatic carbocycles. The third kappa shape index (κ3) is 2.24. The Hall–Kier alpha value is -1.36. The quantitative estimate of drug-likeness (QED) is 0.621. The van der Waals surface area contributed by atoms with Gasteiger partial charge in [-0.2, -0.15) is 4.98 Å². The van der Waals surface area contributed by atoms with Crippen molar-refractivity contribution in [3.63, 3.8) is 0 Å². The van der Waals surface area contributed by atoms with Crippen LogP contribution in [0.1, 0.15) is 11.5 Å². The maximum Gasteiger partial charge on any atom is 0.231 e. The first-order chi connectivity index (χ1) is 9.58. The molecular formula is C13H8Cl3N3O. The molecule has 1 unspecified atom stereocenters. The van der Waals surface area contributed by atoms with E-state index in [1.807, 2.05) is 29.2 Å². The molecule has 7 heteroatoms. The number of fused-ring (bicyclic) bond motifs is 1. The normalized spacial score (nSPS) is 17.1. The number of hydrogen-bond donors (Lipinski definition) is 0. The van der Waals surface area contributed by atoms with Gasteiger partial charge in [-0.25, -0.2) is 4.98 Å². The number of carbonyl (C=O) groups excluding carboxylic acids is 1. The summed E-state index contributed by atoms with van der Waals surface area (Å²) < 4.78 is 0. The monoisotopic (exact) mass is 327 g/mol. The highest BCUT2D eigenvalue weighted by molar-refractivity contribution is 6.65. The molecule has 4 nitrogen and oxygen atoms in total. The van der Waals surface area contributed by atoms with Gasteiger partial charge in [0, 0.05) is 12.2 Å². The van der Waals surface area contributed by atoms with Crippen LogP contribution in [0.3, 0.4) is 0 Å². The van der Waals surface area contributed by atoms with Crippen LogP contribution in [-0.2, 0) is 4.79 Å². The van der Waals surface area contributed by atoms with E-state index in [1.165, 1.54) is 6.20 Å². The molecule has 3 rings (SSSR count). The number of anilines is 2. The lowest BCUT2D eigenvalue weighted by Crippen LogP contribution is -2.19. The molecule has 1 aliphatic heterocycles. The topological polar surface area (TPSA) is 46.1 Å². The fraction of sp³-hybridized carbons (Fsp3) is 0.154. The predicted molar refractivity (Wildman–Crippen MR) is 79.1 cm³/mol. The smallest absolute Gasteiger partial charge is 0.231 e. The first kappa shape index (κ1) is 13.6. The van der Waals surface area contributed by atoms with Crippen molar-refractivity contribution >= 4 is 51.6 Å². The number of nitrogens with zero attached hydrogens (tertiary/aromatic N) is 3. The molecular weight excluding hydrogens is 321 g/mol. The molecule has 2 aromatic rings. The van der Waals surface area contributed by atoms with Crippen LogP contribution in [0.5, 0.6) is 0 Å². The van der Waals surface area contributed by atoms with Crippen LogP contribution in [-0.4, -0.2) is 21.8 Å². The third-order valence-electron chi connectivity index (χ3n) is 3.19. The van der Waals surface area contributed by atoms with Crippen molar-refractivity contribution in [2.24, 2.45) is 0 Å². The molecule has 0 bridgehead atoms. The summed E-state index contributed by atoms with van der Waals surface area (Å²) in [5.74, 6) is 0.0669. The summed E-state index contributed by atoms with van der Waals surface area (Å²) in [6.45, 7) is 0.384. The van der Waals surface area contributed by atoms with Crippen molar-refractivity contribution < 1.29 is 4.79 Å². The second kappa shape index (κ2) is 5.20. The summed E-state index contributed by atoms with van der Waals surface area (Å²) in [6.07, 6.45) is 1.44. The van der Waals surface area contributed by atoms with E-state index in [1.54, 1.807) is 0 Å². The number of benzene rings is 1. The molecule has 0 radical (unpaired) electrons. The van der Waals surface area contributed by atoms with Gasteiger partial charge >= 0.3 is 0 Å². The Balaban J connectivity index is 2.12. The van der Waals surface area contributed by atoms with Gasteiger partial charge in [-0.05, 0) is 34.8 Å². The molecule has 0 N–H and O–H groups in total. The van der Waals surface area contributed by atoms with Gasteiger partial charge < -0.3 is 4.90 Å². The maximum absolute atomic E-state index is 11.6. The summed E-state index contributed by atoms with van der Waals surface area (Å²) in [4.78, 5) is 21.4. The second-order valence-corrected chi connectivity index (χ2v) is 5.45. The fourth-order valence-corrected chi connectivity index (χ4v) is 2.84. The van der Waals surface area contributed by atoms with Gasteiger partial charge in [-0.15, -0.1) is 0 Å². The lowest BCUT2D eigenvalue weighted by Gasteiger charge is -2.19. The van der Waals surface area contributed by atoms with Crippen LogP contribution < -0.4 is 4.90 Å². The Bertz CT molecular complexity index is 692. The SMILES string of the molecule is O=C(Cl)C1CN(c2nc(Cl)ncc2Cl)c2ccccc21. The lowest BCUT2D eigenvalue weighted by molar-refractivity contribution is -0.112. The predicted octanol–water partition coefficient (Wildman–Crippen LogP) is 3.78. The molecule has 1 aromatic carbocycles. The van der Waals surface area contributed by atoms with Crippen molar-refractivity contribution in [3.8, 4) is 0 Å². The molecule has 20 heavy (non-hydrogen) atoms. The number of carbonyl (C=O) groups is 1. The van der Waals surface area contributed by atoms with Gasteiger partial charge in [-0.1, -0.05) is 29.8 Å². The Morgan fingerprint density at radius 2 is 2.05 bits per heavy atom. The minimum atomic E-state index is -0.406. The van der Waals surface area contributed by atoms with E-state index in [9.17, 15) is 4.79 Å². The van der Waals surface area contributed by atoms with Crippen LogP contribution in [0, 0.1) is 0 Å². The highest BCUT2D eigenvalue weighted by atomic mass is 35.5. The molecule has 1 aromatic heterocycles. The van der Waals surface area contributed by atoms with E-state index in [4.69, 9.17) is 34.8 Å². The first-order valence-corrected chi connectivity index (χ1v) is 6.95. The molecule has 0 saturated heterocycles. The van der Waals surface area contributed by atoms with Crippen LogP contribution in [0.2, 0.25) is 10.3 Å².